The molecule has 2 aromatic carbocycles. The predicted molar refractivity (Wildman–Crippen MR) is 129 cm³/mol. The number of likely N-dealkylation sites (N-methyl/N-ethyl adjacent to an activating group) is 1. The van der Waals surface area contributed by atoms with Gasteiger partial charge in [0.2, 0.25) is 5.91 Å². The van der Waals surface area contributed by atoms with Gasteiger partial charge in [-0.1, -0.05) is 17.7 Å². The Morgan fingerprint density at radius 3 is 2.24 bits per heavy atom. The van der Waals surface area contributed by atoms with Gasteiger partial charge in [-0.25, -0.2) is 13.2 Å². The number of rotatable bonds is 7. The zero-order chi connectivity index (χ0) is 25.0. The van der Waals surface area contributed by atoms with Crippen LogP contribution >= 0.6 is 11.6 Å². The lowest BCUT2D eigenvalue weighted by Crippen LogP contribution is -2.49. The molecule has 0 bridgehead atoms. The van der Waals surface area contributed by atoms with Crippen LogP contribution in [-0.2, 0) is 26.0 Å². The maximum Gasteiger partial charge on any atom is 0.408 e. The topological polar surface area (TPSA) is 105 Å². The number of sulfonamides is 1. The molecule has 10 heteroatoms. The monoisotopic (exact) mass is 495 g/mol. The van der Waals surface area contributed by atoms with Gasteiger partial charge in [0, 0.05) is 31.2 Å². The number of ether oxygens (including phenoxy) is 1. The highest BCUT2D eigenvalue weighted by Gasteiger charge is 2.27. The Bertz CT molecular complexity index is 1110. The molecule has 8 nitrogen and oxygen atoms in total. The number of halogens is 1. The fourth-order valence-electron chi connectivity index (χ4n) is 2.95. The molecule has 0 fully saturated rings. The number of alkyl carbamates (subject to hydrolysis) is 1. The summed E-state index contributed by atoms with van der Waals surface area (Å²) in [5, 5.41) is 3.09. The predicted octanol–water partition coefficient (Wildman–Crippen LogP) is 3.97. The van der Waals surface area contributed by atoms with Crippen LogP contribution in [0.15, 0.2) is 47.4 Å². The van der Waals surface area contributed by atoms with Gasteiger partial charge in [-0.15, -0.1) is 0 Å². The van der Waals surface area contributed by atoms with Crippen molar-refractivity contribution in [3.8, 4) is 0 Å². The largest absolute Gasteiger partial charge is 0.444 e. The van der Waals surface area contributed by atoms with Crippen molar-refractivity contribution in [2.24, 2.45) is 0 Å². The summed E-state index contributed by atoms with van der Waals surface area (Å²) in [5.41, 5.74) is 1.02. The summed E-state index contributed by atoms with van der Waals surface area (Å²) in [5.74, 6) is -0.340. The van der Waals surface area contributed by atoms with E-state index in [1.165, 1.54) is 17.0 Å². The number of amides is 2. The van der Waals surface area contributed by atoms with Gasteiger partial charge in [-0.3, -0.25) is 9.52 Å². The number of carbonyl (C=O) groups is 2. The van der Waals surface area contributed by atoms with Crippen molar-refractivity contribution < 1.29 is 22.7 Å². The normalized spacial score (nSPS) is 12.6. The van der Waals surface area contributed by atoms with E-state index in [2.05, 4.69) is 10.0 Å². The third kappa shape index (κ3) is 7.94. The number of aryl methyl sites for hydroxylation is 1. The molecule has 0 radical (unpaired) electrons. The molecule has 0 aliphatic heterocycles. The van der Waals surface area contributed by atoms with Crippen molar-refractivity contribution in [1.82, 2.24) is 10.2 Å². The smallest absolute Gasteiger partial charge is 0.408 e. The van der Waals surface area contributed by atoms with Crippen molar-refractivity contribution in [2.45, 2.75) is 50.7 Å². The lowest BCUT2D eigenvalue weighted by atomic mass is 10.0. The first-order valence-electron chi connectivity index (χ1n) is 10.3. The van der Waals surface area contributed by atoms with Crippen LogP contribution in [0.3, 0.4) is 0 Å². The highest BCUT2D eigenvalue weighted by atomic mass is 35.5. The first-order valence-corrected chi connectivity index (χ1v) is 12.1. The Labute approximate surface area is 200 Å². The summed E-state index contributed by atoms with van der Waals surface area (Å²) in [6.07, 6.45) is -0.639. The minimum atomic E-state index is -3.89. The molecule has 2 N–H and O–H groups in total. The van der Waals surface area contributed by atoms with Gasteiger partial charge >= 0.3 is 6.09 Å². The molecule has 2 amide bonds. The van der Waals surface area contributed by atoms with Crippen molar-refractivity contribution in [3.63, 3.8) is 0 Å². The van der Waals surface area contributed by atoms with Crippen molar-refractivity contribution >= 4 is 39.3 Å². The molecular weight excluding hydrogens is 466 g/mol. The first-order chi connectivity index (χ1) is 15.2. The molecule has 0 aliphatic rings. The zero-order valence-electron chi connectivity index (χ0n) is 19.6. The molecule has 0 saturated carbocycles. The second-order valence-corrected chi connectivity index (χ2v) is 11.0. The quantitative estimate of drug-likeness (QED) is 0.604. The Morgan fingerprint density at radius 2 is 1.70 bits per heavy atom. The van der Waals surface area contributed by atoms with Gasteiger partial charge in [0.1, 0.15) is 11.6 Å². The van der Waals surface area contributed by atoms with Crippen molar-refractivity contribution in [3.05, 3.63) is 58.6 Å². The molecule has 180 valence electrons. The molecule has 0 spiro atoms. The molecular formula is C23H30ClN3O5S. The molecule has 2 rings (SSSR count). The van der Waals surface area contributed by atoms with E-state index in [1.807, 2.05) is 6.92 Å². The Hall–Kier alpha value is -2.78. The van der Waals surface area contributed by atoms with Crippen LogP contribution in [0.5, 0.6) is 0 Å². The summed E-state index contributed by atoms with van der Waals surface area (Å²) in [6.45, 7) is 6.98. The Morgan fingerprint density at radius 1 is 1.09 bits per heavy atom. The minimum absolute atomic E-state index is 0.0337. The standard InChI is InChI=1S/C23H30ClN3O5S/c1-15-7-12-19(33(30,31)26-18-10-8-17(24)9-11-18)13-16(15)14-20(21(28)27(5)6)25-22(29)32-23(2,3)4/h7-13,20,26H,14H2,1-6H3,(H,25,29)/t20-/m0/s1. The third-order valence-electron chi connectivity index (χ3n) is 4.58. The van der Waals surface area contributed by atoms with E-state index in [4.69, 9.17) is 16.3 Å². The second-order valence-electron chi connectivity index (χ2n) is 8.84. The molecule has 0 aromatic heterocycles. The van der Waals surface area contributed by atoms with Crippen LogP contribution in [0, 0.1) is 6.92 Å². The van der Waals surface area contributed by atoms with E-state index in [9.17, 15) is 18.0 Å². The van der Waals surface area contributed by atoms with E-state index >= 15 is 0 Å². The van der Waals surface area contributed by atoms with Gasteiger partial charge in [-0.05, 0) is 75.2 Å². The molecule has 0 aliphatic carbocycles. The lowest BCUT2D eigenvalue weighted by Gasteiger charge is -2.25. The van der Waals surface area contributed by atoms with Gasteiger partial charge in [0.05, 0.1) is 4.90 Å². The molecule has 33 heavy (non-hydrogen) atoms. The number of hydrogen-bond donors (Lipinski definition) is 2. The highest BCUT2D eigenvalue weighted by molar-refractivity contribution is 7.92. The molecule has 0 saturated heterocycles. The zero-order valence-corrected chi connectivity index (χ0v) is 21.2. The fraction of sp³-hybridized carbons (Fsp3) is 0.391. The van der Waals surface area contributed by atoms with Crippen molar-refractivity contribution in [1.29, 1.82) is 0 Å². The Balaban J connectivity index is 2.31. The van der Waals surface area contributed by atoms with E-state index in [0.29, 0.717) is 16.3 Å². The molecule has 1 atom stereocenters. The van der Waals surface area contributed by atoms with Crippen LogP contribution < -0.4 is 10.0 Å². The summed E-state index contributed by atoms with van der Waals surface area (Å²) in [4.78, 5) is 26.4. The molecule has 2 aromatic rings. The summed E-state index contributed by atoms with van der Waals surface area (Å²) >= 11 is 5.86. The SMILES string of the molecule is Cc1ccc(S(=O)(=O)Nc2ccc(Cl)cc2)cc1C[C@H](NC(=O)OC(C)(C)C)C(=O)N(C)C. The summed E-state index contributed by atoms with van der Waals surface area (Å²) < 4.78 is 33.6. The van der Waals surface area contributed by atoms with Crippen LogP contribution in [0.25, 0.3) is 0 Å². The first kappa shape index (κ1) is 26.5. The van der Waals surface area contributed by atoms with Gasteiger partial charge < -0.3 is 15.0 Å². The van der Waals surface area contributed by atoms with Gasteiger partial charge in [-0.2, -0.15) is 0 Å². The number of hydrogen-bond acceptors (Lipinski definition) is 5. The minimum Gasteiger partial charge on any atom is -0.444 e. The van der Waals surface area contributed by atoms with Crippen LogP contribution in [0.2, 0.25) is 5.02 Å². The molecule has 0 unspecified atom stereocenters. The van der Waals surface area contributed by atoms with Gasteiger partial charge in [0.15, 0.2) is 0 Å². The number of anilines is 1. The van der Waals surface area contributed by atoms with Crippen LogP contribution in [0.1, 0.15) is 31.9 Å². The molecule has 0 heterocycles. The van der Waals surface area contributed by atoms with Crippen molar-refractivity contribution in [2.75, 3.05) is 18.8 Å². The van der Waals surface area contributed by atoms with E-state index in [0.717, 1.165) is 5.56 Å². The summed E-state index contributed by atoms with van der Waals surface area (Å²) in [7, 11) is -0.727. The average molecular weight is 496 g/mol. The van der Waals surface area contributed by atoms with E-state index in [1.54, 1.807) is 65.2 Å². The van der Waals surface area contributed by atoms with E-state index in [-0.39, 0.29) is 17.2 Å². The lowest BCUT2D eigenvalue weighted by molar-refractivity contribution is -0.130. The maximum atomic E-state index is 12.9. The Kier molecular flexibility index (Phi) is 8.37. The number of nitrogens with one attached hydrogen (secondary N) is 2. The second kappa shape index (κ2) is 10.4. The van der Waals surface area contributed by atoms with Crippen LogP contribution in [-0.4, -0.2) is 51.1 Å². The van der Waals surface area contributed by atoms with E-state index < -0.39 is 27.8 Å². The number of nitrogens with zero attached hydrogens (tertiary/aromatic N) is 1. The average Bonchev–Trinajstić information content (AvgIpc) is 2.68. The fourth-order valence-corrected chi connectivity index (χ4v) is 4.18. The summed E-state index contributed by atoms with van der Waals surface area (Å²) in [6, 6.07) is 10.0. The number of benzene rings is 2. The third-order valence-corrected chi connectivity index (χ3v) is 6.21. The number of carbonyl (C=O) groups excluding carboxylic acids is 2. The maximum absolute atomic E-state index is 12.9. The van der Waals surface area contributed by atoms with Crippen LogP contribution in [0.4, 0.5) is 10.5 Å². The highest BCUT2D eigenvalue weighted by Crippen LogP contribution is 2.22. The van der Waals surface area contributed by atoms with Gasteiger partial charge in [0.25, 0.3) is 10.0 Å².